The lowest BCUT2D eigenvalue weighted by molar-refractivity contribution is -0.121. The van der Waals surface area contributed by atoms with Crippen LogP contribution in [0.25, 0.3) is 0 Å². The fourth-order valence-electron chi connectivity index (χ4n) is 3.63. The second kappa shape index (κ2) is 8.36. The molecule has 122 valence electrons. The van der Waals surface area contributed by atoms with E-state index < -0.39 is 0 Å². The van der Waals surface area contributed by atoms with Gasteiger partial charge in [0.2, 0.25) is 5.91 Å². The number of unbranched alkanes of at least 4 members (excludes halogenated alkanes) is 1. The highest BCUT2D eigenvalue weighted by Gasteiger charge is 2.26. The van der Waals surface area contributed by atoms with E-state index in [9.17, 15) is 4.79 Å². The summed E-state index contributed by atoms with van der Waals surface area (Å²) in [6.45, 7) is 6.48. The van der Waals surface area contributed by atoms with Gasteiger partial charge in [-0.3, -0.25) is 4.79 Å². The molecule has 1 saturated carbocycles. The van der Waals surface area contributed by atoms with Crippen LogP contribution in [0.5, 0.6) is 0 Å². The summed E-state index contributed by atoms with van der Waals surface area (Å²) >= 11 is 0. The van der Waals surface area contributed by atoms with Crippen LogP contribution in [0, 0.1) is 18.8 Å². The molecule has 1 aliphatic carbocycles. The molecule has 22 heavy (non-hydrogen) atoms. The van der Waals surface area contributed by atoms with Gasteiger partial charge in [0.15, 0.2) is 0 Å². The number of carbonyl (C=O) groups excluding carboxylic acids is 1. The zero-order valence-electron chi connectivity index (χ0n) is 14.5. The van der Waals surface area contributed by atoms with Crippen molar-refractivity contribution < 1.29 is 4.79 Å². The molecule has 1 aliphatic rings. The summed E-state index contributed by atoms with van der Waals surface area (Å²) < 4.78 is 0. The third-order valence-electron chi connectivity index (χ3n) is 5.17. The van der Waals surface area contributed by atoms with Crippen molar-refractivity contribution in [2.75, 3.05) is 5.32 Å². The van der Waals surface area contributed by atoms with Crippen molar-refractivity contribution in [2.24, 2.45) is 11.8 Å². The van der Waals surface area contributed by atoms with Crippen LogP contribution in [-0.2, 0) is 11.2 Å². The average molecular weight is 301 g/mol. The normalized spacial score (nSPS) is 21.6. The van der Waals surface area contributed by atoms with Gasteiger partial charge in [0.25, 0.3) is 0 Å². The first kappa shape index (κ1) is 17.1. The molecule has 0 spiro atoms. The first-order chi connectivity index (χ1) is 10.7. The monoisotopic (exact) mass is 301 g/mol. The molecular weight excluding hydrogens is 270 g/mol. The van der Waals surface area contributed by atoms with E-state index in [0.29, 0.717) is 0 Å². The number of para-hydroxylation sites is 1. The molecule has 0 radical (unpaired) electrons. The third kappa shape index (κ3) is 4.34. The Labute approximate surface area is 135 Å². The van der Waals surface area contributed by atoms with Crippen molar-refractivity contribution in [2.45, 2.75) is 72.1 Å². The molecule has 0 saturated heterocycles. The maximum atomic E-state index is 12.6. The lowest BCUT2D eigenvalue weighted by Crippen LogP contribution is -2.27. The van der Waals surface area contributed by atoms with Gasteiger partial charge in [0.1, 0.15) is 0 Å². The van der Waals surface area contributed by atoms with Gasteiger partial charge in [-0.05, 0) is 56.1 Å². The quantitative estimate of drug-likeness (QED) is 0.739. The highest BCUT2D eigenvalue weighted by Crippen LogP contribution is 2.33. The second-order valence-electron chi connectivity index (χ2n) is 6.81. The maximum absolute atomic E-state index is 12.6. The van der Waals surface area contributed by atoms with Crippen LogP contribution in [0.4, 0.5) is 5.69 Å². The summed E-state index contributed by atoms with van der Waals surface area (Å²) in [4.78, 5) is 12.6. The van der Waals surface area contributed by atoms with Crippen molar-refractivity contribution in [3.8, 4) is 0 Å². The van der Waals surface area contributed by atoms with E-state index in [2.05, 4.69) is 44.3 Å². The summed E-state index contributed by atoms with van der Waals surface area (Å²) in [5.41, 5.74) is 3.46. The van der Waals surface area contributed by atoms with Crippen molar-refractivity contribution in [3.63, 3.8) is 0 Å². The molecule has 0 bridgehead atoms. The second-order valence-corrected chi connectivity index (χ2v) is 6.81. The third-order valence-corrected chi connectivity index (χ3v) is 5.17. The molecule has 2 nitrogen and oxygen atoms in total. The Morgan fingerprint density at radius 1 is 1.18 bits per heavy atom. The van der Waals surface area contributed by atoms with Crippen molar-refractivity contribution >= 4 is 11.6 Å². The minimum atomic E-state index is 0.210. The summed E-state index contributed by atoms with van der Waals surface area (Å²) in [5, 5.41) is 3.22. The van der Waals surface area contributed by atoms with Gasteiger partial charge in [0.05, 0.1) is 0 Å². The predicted molar refractivity (Wildman–Crippen MR) is 94.2 cm³/mol. The lowest BCUT2D eigenvalue weighted by Gasteiger charge is -2.28. The van der Waals surface area contributed by atoms with Crippen LogP contribution in [0.15, 0.2) is 18.2 Å². The van der Waals surface area contributed by atoms with Gasteiger partial charge in [-0.15, -0.1) is 0 Å². The van der Waals surface area contributed by atoms with Gasteiger partial charge in [-0.1, -0.05) is 51.3 Å². The average Bonchev–Trinajstić information content (AvgIpc) is 2.55. The number of hydrogen-bond donors (Lipinski definition) is 1. The molecule has 2 rings (SSSR count). The van der Waals surface area contributed by atoms with Gasteiger partial charge in [0, 0.05) is 11.6 Å². The van der Waals surface area contributed by atoms with Crippen LogP contribution in [0.3, 0.4) is 0 Å². The van der Waals surface area contributed by atoms with E-state index in [4.69, 9.17) is 0 Å². The molecule has 1 amide bonds. The van der Waals surface area contributed by atoms with E-state index >= 15 is 0 Å². The Kier molecular flexibility index (Phi) is 6.48. The van der Waals surface area contributed by atoms with Gasteiger partial charge < -0.3 is 5.32 Å². The molecule has 1 N–H and O–H groups in total. The topological polar surface area (TPSA) is 29.1 Å². The number of benzene rings is 1. The molecule has 0 unspecified atom stereocenters. The standard InChI is InChI=1S/C20H31NO/c1-4-6-9-16-11-13-18(14-12-16)20(22)21-19-15(3)8-7-10-17(19)5-2/h7-8,10,16,18H,4-6,9,11-14H2,1-3H3,(H,21,22). The van der Waals surface area contributed by atoms with Crippen molar-refractivity contribution in [3.05, 3.63) is 29.3 Å². The van der Waals surface area contributed by atoms with Gasteiger partial charge in [-0.25, -0.2) is 0 Å². The highest BCUT2D eigenvalue weighted by atomic mass is 16.1. The van der Waals surface area contributed by atoms with E-state index in [1.807, 2.05) is 0 Å². The van der Waals surface area contributed by atoms with Crippen molar-refractivity contribution in [1.29, 1.82) is 0 Å². The van der Waals surface area contributed by atoms with Crippen LogP contribution >= 0.6 is 0 Å². The first-order valence-corrected chi connectivity index (χ1v) is 9.05. The number of amides is 1. The number of rotatable bonds is 6. The SMILES string of the molecule is CCCCC1CCC(C(=O)Nc2c(C)cccc2CC)CC1. The lowest BCUT2D eigenvalue weighted by atomic mass is 9.79. The Balaban J connectivity index is 1.91. The minimum absolute atomic E-state index is 0.210. The van der Waals surface area contributed by atoms with Crippen molar-refractivity contribution in [1.82, 2.24) is 0 Å². The number of nitrogens with one attached hydrogen (secondary N) is 1. The highest BCUT2D eigenvalue weighted by molar-refractivity contribution is 5.94. The Hall–Kier alpha value is -1.31. The summed E-state index contributed by atoms with van der Waals surface area (Å²) in [6.07, 6.45) is 9.52. The van der Waals surface area contributed by atoms with E-state index in [0.717, 1.165) is 30.9 Å². The van der Waals surface area contributed by atoms with Crippen LogP contribution in [-0.4, -0.2) is 5.91 Å². The molecular formula is C20H31NO. The Morgan fingerprint density at radius 2 is 1.91 bits per heavy atom. The smallest absolute Gasteiger partial charge is 0.227 e. The molecule has 1 fully saturated rings. The molecule has 0 aromatic heterocycles. The van der Waals surface area contributed by atoms with E-state index in [-0.39, 0.29) is 11.8 Å². The zero-order valence-corrected chi connectivity index (χ0v) is 14.5. The Morgan fingerprint density at radius 3 is 2.55 bits per heavy atom. The number of hydrogen-bond acceptors (Lipinski definition) is 1. The molecule has 2 heteroatoms. The van der Waals surface area contributed by atoms with Gasteiger partial charge in [-0.2, -0.15) is 0 Å². The molecule has 0 atom stereocenters. The Bertz CT molecular complexity index is 486. The first-order valence-electron chi connectivity index (χ1n) is 9.05. The molecule has 1 aromatic carbocycles. The van der Waals surface area contributed by atoms with E-state index in [1.165, 1.54) is 43.2 Å². The summed E-state index contributed by atoms with van der Waals surface area (Å²) in [6, 6.07) is 6.27. The predicted octanol–water partition coefficient (Wildman–Crippen LogP) is 5.49. The van der Waals surface area contributed by atoms with Gasteiger partial charge >= 0.3 is 0 Å². The van der Waals surface area contributed by atoms with Crippen LogP contribution < -0.4 is 5.32 Å². The van der Waals surface area contributed by atoms with Crippen LogP contribution in [0.2, 0.25) is 0 Å². The largest absolute Gasteiger partial charge is 0.325 e. The van der Waals surface area contributed by atoms with E-state index in [1.54, 1.807) is 0 Å². The van der Waals surface area contributed by atoms with Crippen LogP contribution in [0.1, 0.15) is 69.9 Å². The maximum Gasteiger partial charge on any atom is 0.227 e. The number of carbonyl (C=O) groups is 1. The number of aryl methyl sites for hydroxylation is 2. The molecule has 0 aliphatic heterocycles. The molecule has 0 heterocycles. The fourth-order valence-corrected chi connectivity index (χ4v) is 3.63. The molecule has 1 aromatic rings. The zero-order chi connectivity index (χ0) is 15.9. The summed E-state index contributed by atoms with van der Waals surface area (Å²) in [7, 11) is 0. The minimum Gasteiger partial charge on any atom is -0.325 e. The summed E-state index contributed by atoms with van der Waals surface area (Å²) in [5.74, 6) is 1.30. The fraction of sp³-hybridized carbons (Fsp3) is 0.650. The number of anilines is 1.